The fourth-order valence-electron chi connectivity index (χ4n) is 3.15. The van der Waals surface area contributed by atoms with Gasteiger partial charge in [0.2, 0.25) is 11.8 Å². The maximum absolute atomic E-state index is 12.6. The van der Waals surface area contributed by atoms with Crippen LogP contribution in [0.5, 0.6) is 0 Å². The molecule has 2 N–H and O–H groups in total. The Morgan fingerprint density at radius 2 is 1.90 bits per heavy atom. The average Bonchev–Trinajstić information content (AvgIpc) is 2.62. The van der Waals surface area contributed by atoms with Gasteiger partial charge in [-0.1, -0.05) is 0 Å². The predicted molar refractivity (Wildman–Crippen MR) is 77.1 cm³/mol. The molecule has 0 unspecified atom stereocenters. The number of likely N-dealkylation sites (tertiary alicyclic amines) is 1. The number of hydrogen-bond acceptors (Lipinski definition) is 4. The van der Waals surface area contributed by atoms with Gasteiger partial charge < -0.3 is 15.5 Å². The lowest BCUT2D eigenvalue weighted by Gasteiger charge is -2.34. The first-order chi connectivity index (χ1) is 9.56. The molecule has 6 nitrogen and oxygen atoms in total. The fourth-order valence-corrected chi connectivity index (χ4v) is 3.15. The molecule has 1 atom stereocenters. The summed E-state index contributed by atoms with van der Waals surface area (Å²) in [7, 11) is 2.10. The quantitative estimate of drug-likeness (QED) is 0.747. The Labute approximate surface area is 120 Å². The molecule has 0 bridgehead atoms. The van der Waals surface area contributed by atoms with Crippen LogP contribution in [0.15, 0.2) is 0 Å². The van der Waals surface area contributed by atoms with Crippen molar-refractivity contribution in [3.05, 3.63) is 0 Å². The molecule has 2 rings (SSSR count). The molecule has 2 fully saturated rings. The summed E-state index contributed by atoms with van der Waals surface area (Å²) in [6.07, 6.45) is 2.94. The molecule has 0 aromatic rings. The lowest BCUT2D eigenvalue weighted by molar-refractivity contribution is -0.137. The Balaban J connectivity index is 1.89. The summed E-state index contributed by atoms with van der Waals surface area (Å²) in [5.74, 6) is -0.0181. The van der Waals surface area contributed by atoms with Gasteiger partial charge in [-0.2, -0.15) is 0 Å². The van der Waals surface area contributed by atoms with E-state index in [0.29, 0.717) is 6.54 Å². The van der Waals surface area contributed by atoms with Gasteiger partial charge in [0.15, 0.2) is 0 Å². The topological polar surface area (TPSA) is 69.9 Å². The largest absolute Gasteiger partial charge is 0.369 e. The van der Waals surface area contributed by atoms with Crippen LogP contribution in [-0.2, 0) is 9.59 Å². The van der Waals surface area contributed by atoms with E-state index >= 15 is 0 Å². The van der Waals surface area contributed by atoms with Crippen molar-refractivity contribution in [3.63, 3.8) is 0 Å². The van der Waals surface area contributed by atoms with Crippen LogP contribution < -0.4 is 5.73 Å². The number of amides is 2. The van der Waals surface area contributed by atoms with Crippen molar-refractivity contribution >= 4 is 11.8 Å². The van der Waals surface area contributed by atoms with E-state index in [1.54, 1.807) is 0 Å². The minimum Gasteiger partial charge on any atom is -0.369 e. The molecule has 0 aliphatic carbocycles. The van der Waals surface area contributed by atoms with Crippen molar-refractivity contribution in [1.82, 2.24) is 14.7 Å². The van der Waals surface area contributed by atoms with Crippen LogP contribution in [-0.4, -0.2) is 79.4 Å². The maximum atomic E-state index is 12.6. The third-order valence-electron chi connectivity index (χ3n) is 4.27. The zero-order valence-electron chi connectivity index (χ0n) is 12.4. The van der Waals surface area contributed by atoms with E-state index in [4.69, 9.17) is 5.73 Å². The van der Waals surface area contributed by atoms with Crippen molar-refractivity contribution < 1.29 is 9.59 Å². The molecule has 0 aromatic heterocycles. The van der Waals surface area contributed by atoms with E-state index < -0.39 is 0 Å². The minimum absolute atomic E-state index is 0.0338. The van der Waals surface area contributed by atoms with Gasteiger partial charge in [-0.3, -0.25) is 14.5 Å². The van der Waals surface area contributed by atoms with Crippen molar-refractivity contribution in [2.45, 2.75) is 19.3 Å². The van der Waals surface area contributed by atoms with E-state index in [1.807, 2.05) is 9.80 Å². The van der Waals surface area contributed by atoms with Gasteiger partial charge in [-0.25, -0.2) is 0 Å². The van der Waals surface area contributed by atoms with Gasteiger partial charge in [0.1, 0.15) is 0 Å². The zero-order valence-corrected chi connectivity index (χ0v) is 12.4. The summed E-state index contributed by atoms with van der Waals surface area (Å²) in [5.41, 5.74) is 5.24. The number of hydrogen-bond donors (Lipinski definition) is 1. The predicted octanol–water partition coefficient (Wildman–Crippen LogP) is -0.652. The van der Waals surface area contributed by atoms with Crippen LogP contribution in [0.3, 0.4) is 0 Å². The first-order valence-corrected chi connectivity index (χ1v) is 7.54. The van der Waals surface area contributed by atoms with Gasteiger partial charge in [0, 0.05) is 26.2 Å². The summed E-state index contributed by atoms with van der Waals surface area (Å²) < 4.78 is 0. The molecular weight excluding hydrogens is 256 g/mol. The van der Waals surface area contributed by atoms with Crippen molar-refractivity contribution in [3.8, 4) is 0 Å². The van der Waals surface area contributed by atoms with Crippen LogP contribution >= 0.6 is 0 Å². The van der Waals surface area contributed by atoms with Gasteiger partial charge in [-0.05, 0) is 39.4 Å². The Morgan fingerprint density at radius 1 is 1.10 bits per heavy atom. The second kappa shape index (κ2) is 7.04. The Morgan fingerprint density at radius 3 is 2.65 bits per heavy atom. The van der Waals surface area contributed by atoms with Crippen molar-refractivity contribution in [2.24, 2.45) is 11.7 Å². The van der Waals surface area contributed by atoms with Crippen LogP contribution in [0.25, 0.3) is 0 Å². The van der Waals surface area contributed by atoms with Gasteiger partial charge in [0.05, 0.1) is 12.5 Å². The Kier molecular flexibility index (Phi) is 5.37. The molecule has 2 saturated heterocycles. The van der Waals surface area contributed by atoms with Crippen LogP contribution in [0.2, 0.25) is 0 Å². The second-order valence-corrected chi connectivity index (χ2v) is 6.02. The summed E-state index contributed by atoms with van der Waals surface area (Å²) in [4.78, 5) is 29.9. The number of carbonyl (C=O) groups is 2. The van der Waals surface area contributed by atoms with Gasteiger partial charge >= 0.3 is 0 Å². The molecule has 2 heterocycles. The maximum Gasteiger partial charge on any atom is 0.231 e. The highest BCUT2D eigenvalue weighted by Crippen LogP contribution is 2.19. The standard InChI is InChI=1S/C14H26N4O2/c1-16-5-3-7-18(9-8-16)14(20)12-4-2-6-17(10-12)11-13(15)19/h12H,2-11H2,1H3,(H2,15,19)/t12-/m1/s1. The molecule has 20 heavy (non-hydrogen) atoms. The number of carbonyl (C=O) groups excluding carboxylic acids is 2. The molecule has 2 amide bonds. The first kappa shape index (κ1) is 15.3. The number of nitrogens with two attached hydrogens (primary N) is 1. The van der Waals surface area contributed by atoms with E-state index in [2.05, 4.69) is 11.9 Å². The molecular formula is C14H26N4O2. The average molecular weight is 282 g/mol. The highest BCUT2D eigenvalue weighted by atomic mass is 16.2. The summed E-state index contributed by atoms with van der Waals surface area (Å²) in [6.45, 7) is 5.50. The zero-order chi connectivity index (χ0) is 14.5. The highest BCUT2D eigenvalue weighted by molar-refractivity contribution is 5.79. The molecule has 6 heteroatoms. The van der Waals surface area contributed by atoms with Crippen LogP contribution in [0.1, 0.15) is 19.3 Å². The van der Waals surface area contributed by atoms with Gasteiger partial charge in [0.25, 0.3) is 0 Å². The summed E-state index contributed by atoms with van der Waals surface area (Å²) >= 11 is 0. The molecule has 0 spiro atoms. The molecule has 0 radical (unpaired) electrons. The van der Waals surface area contributed by atoms with E-state index in [1.165, 1.54) is 0 Å². The SMILES string of the molecule is CN1CCCN(C(=O)[C@@H]2CCCN(CC(N)=O)C2)CC1. The molecule has 0 aromatic carbocycles. The summed E-state index contributed by atoms with van der Waals surface area (Å²) in [5, 5.41) is 0. The summed E-state index contributed by atoms with van der Waals surface area (Å²) in [6, 6.07) is 0. The lowest BCUT2D eigenvalue weighted by atomic mass is 9.96. The number of likely N-dealkylation sites (N-methyl/N-ethyl adjacent to an activating group) is 1. The second-order valence-electron chi connectivity index (χ2n) is 6.02. The first-order valence-electron chi connectivity index (χ1n) is 7.54. The Hall–Kier alpha value is -1.14. The Bertz CT molecular complexity index is 361. The lowest BCUT2D eigenvalue weighted by Crippen LogP contribution is -2.47. The van der Waals surface area contributed by atoms with Crippen molar-refractivity contribution in [2.75, 3.05) is 52.9 Å². The number of nitrogens with zero attached hydrogens (tertiary/aromatic N) is 3. The van der Waals surface area contributed by atoms with E-state index in [9.17, 15) is 9.59 Å². The van der Waals surface area contributed by atoms with E-state index in [0.717, 1.165) is 52.0 Å². The number of piperidine rings is 1. The normalized spacial score (nSPS) is 26.2. The van der Waals surface area contributed by atoms with Crippen LogP contribution in [0.4, 0.5) is 0 Å². The molecule has 2 aliphatic rings. The number of rotatable bonds is 3. The molecule has 0 saturated carbocycles. The third-order valence-corrected chi connectivity index (χ3v) is 4.27. The van der Waals surface area contributed by atoms with Crippen LogP contribution in [0, 0.1) is 5.92 Å². The monoisotopic (exact) mass is 282 g/mol. The molecule has 114 valence electrons. The molecule has 2 aliphatic heterocycles. The van der Waals surface area contributed by atoms with Gasteiger partial charge in [-0.15, -0.1) is 0 Å². The third kappa shape index (κ3) is 4.18. The van der Waals surface area contributed by atoms with Crippen molar-refractivity contribution in [1.29, 1.82) is 0 Å². The van der Waals surface area contributed by atoms with E-state index in [-0.39, 0.29) is 24.3 Å². The fraction of sp³-hybridized carbons (Fsp3) is 0.857. The minimum atomic E-state index is -0.311. The number of primary amides is 1. The smallest absolute Gasteiger partial charge is 0.231 e. The highest BCUT2D eigenvalue weighted by Gasteiger charge is 2.30.